The molecule has 8 nitrogen and oxygen atoms in total. The van der Waals surface area contributed by atoms with Crippen LogP contribution in [0.4, 0.5) is 4.79 Å². The van der Waals surface area contributed by atoms with E-state index in [1.807, 2.05) is 36.4 Å². The number of carbonyl (C=O) groups is 3. The molecule has 0 bridgehead atoms. The van der Waals surface area contributed by atoms with E-state index in [0.29, 0.717) is 0 Å². The average Bonchev–Trinajstić information content (AvgIpc) is 3.08. The zero-order valence-electron chi connectivity index (χ0n) is 19.1. The van der Waals surface area contributed by atoms with Crippen molar-refractivity contribution in [1.29, 1.82) is 0 Å². The summed E-state index contributed by atoms with van der Waals surface area (Å²) >= 11 is 0. The SMILES string of the molecule is CC(O)C(NC(=O)CC(NC(=O)OCC1c2ccccc2-c2ccccc21)C1CCC1)C(=O)O. The van der Waals surface area contributed by atoms with Gasteiger partial charge in [-0.15, -0.1) is 0 Å². The van der Waals surface area contributed by atoms with Crippen LogP contribution in [0.1, 0.15) is 49.7 Å². The maximum Gasteiger partial charge on any atom is 0.407 e. The van der Waals surface area contributed by atoms with E-state index in [4.69, 9.17) is 4.74 Å². The molecular weight excluding hydrogens is 436 g/mol. The lowest BCUT2D eigenvalue weighted by Gasteiger charge is -2.34. The Morgan fingerprint density at radius 1 is 1.00 bits per heavy atom. The Bertz CT molecular complexity index is 1020. The fourth-order valence-corrected chi connectivity index (χ4v) is 4.79. The summed E-state index contributed by atoms with van der Waals surface area (Å²) in [5.74, 6) is -1.79. The molecule has 0 saturated heterocycles. The summed E-state index contributed by atoms with van der Waals surface area (Å²) in [6.07, 6.45) is 0.850. The number of hydrogen-bond donors (Lipinski definition) is 4. The van der Waals surface area contributed by atoms with E-state index in [-0.39, 0.29) is 24.9 Å². The van der Waals surface area contributed by atoms with Crippen molar-refractivity contribution in [1.82, 2.24) is 10.6 Å². The monoisotopic (exact) mass is 466 g/mol. The van der Waals surface area contributed by atoms with Gasteiger partial charge in [-0.3, -0.25) is 4.79 Å². The summed E-state index contributed by atoms with van der Waals surface area (Å²) in [5, 5.41) is 24.0. The van der Waals surface area contributed by atoms with Crippen LogP contribution >= 0.6 is 0 Å². The maximum absolute atomic E-state index is 12.7. The molecule has 0 aliphatic heterocycles. The van der Waals surface area contributed by atoms with Crippen molar-refractivity contribution in [3.05, 3.63) is 59.7 Å². The van der Waals surface area contributed by atoms with Crippen molar-refractivity contribution in [2.75, 3.05) is 6.61 Å². The molecule has 2 aliphatic carbocycles. The summed E-state index contributed by atoms with van der Waals surface area (Å²) < 4.78 is 5.61. The van der Waals surface area contributed by atoms with Crippen LogP contribution in [-0.4, -0.2) is 53.0 Å². The molecule has 0 aromatic heterocycles. The van der Waals surface area contributed by atoms with E-state index in [2.05, 4.69) is 22.8 Å². The highest BCUT2D eigenvalue weighted by Crippen LogP contribution is 2.44. The van der Waals surface area contributed by atoms with Crippen LogP contribution < -0.4 is 10.6 Å². The minimum absolute atomic E-state index is 0.0639. The number of benzene rings is 2. The Morgan fingerprint density at radius 2 is 1.59 bits per heavy atom. The van der Waals surface area contributed by atoms with Gasteiger partial charge in [-0.25, -0.2) is 9.59 Å². The number of alkyl carbamates (subject to hydrolysis) is 1. The van der Waals surface area contributed by atoms with Crippen LogP contribution in [-0.2, 0) is 14.3 Å². The number of aliphatic carboxylic acids is 1. The molecule has 2 aromatic rings. The van der Waals surface area contributed by atoms with Gasteiger partial charge < -0.3 is 25.6 Å². The highest BCUT2D eigenvalue weighted by Gasteiger charge is 2.34. The zero-order chi connectivity index (χ0) is 24.2. The maximum atomic E-state index is 12.7. The number of carboxylic acids is 1. The molecule has 2 aliphatic rings. The summed E-state index contributed by atoms with van der Waals surface area (Å²) in [6, 6.07) is 14.3. The molecule has 1 saturated carbocycles. The molecule has 4 N–H and O–H groups in total. The van der Waals surface area contributed by atoms with E-state index in [0.717, 1.165) is 41.5 Å². The van der Waals surface area contributed by atoms with Gasteiger partial charge in [-0.2, -0.15) is 0 Å². The van der Waals surface area contributed by atoms with Crippen molar-refractivity contribution in [3.8, 4) is 11.1 Å². The normalized spacial score (nSPS) is 17.5. The van der Waals surface area contributed by atoms with Crippen LogP contribution in [0.25, 0.3) is 11.1 Å². The third-order valence-corrected chi connectivity index (χ3v) is 6.84. The number of aliphatic hydroxyl groups is 1. The van der Waals surface area contributed by atoms with E-state index in [1.54, 1.807) is 0 Å². The molecule has 2 amide bonds. The van der Waals surface area contributed by atoms with Crippen LogP contribution in [0.3, 0.4) is 0 Å². The van der Waals surface area contributed by atoms with E-state index in [1.165, 1.54) is 6.92 Å². The summed E-state index contributed by atoms with van der Waals surface area (Å²) in [7, 11) is 0. The Balaban J connectivity index is 1.38. The standard InChI is InChI=1S/C26H30N2O6/c1-15(29)24(25(31)32)28-23(30)13-22(16-7-6-8-16)27-26(33)34-14-21-19-11-4-2-9-17(19)18-10-3-5-12-20(18)21/h2-5,9-12,15-16,21-22,24,29H,6-8,13-14H2,1H3,(H,27,33)(H,28,30)(H,31,32). The molecule has 1 fully saturated rings. The summed E-state index contributed by atoms with van der Waals surface area (Å²) in [4.78, 5) is 36.4. The number of amides is 2. The molecular formula is C26H30N2O6. The highest BCUT2D eigenvalue weighted by atomic mass is 16.5. The van der Waals surface area contributed by atoms with E-state index < -0.39 is 36.2 Å². The Morgan fingerprint density at radius 3 is 2.09 bits per heavy atom. The first-order valence-electron chi connectivity index (χ1n) is 11.7. The minimum Gasteiger partial charge on any atom is -0.480 e. The number of aliphatic hydroxyl groups excluding tert-OH is 1. The number of ether oxygens (including phenoxy) is 1. The molecule has 4 rings (SSSR count). The molecule has 3 atom stereocenters. The number of carbonyl (C=O) groups excluding carboxylic acids is 2. The first-order valence-corrected chi connectivity index (χ1v) is 11.7. The Hall–Kier alpha value is -3.39. The number of rotatable bonds is 9. The van der Waals surface area contributed by atoms with Crippen molar-refractivity contribution in [3.63, 3.8) is 0 Å². The van der Waals surface area contributed by atoms with E-state index in [9.17, 15) is 24.6 Å². The Labute approximate surface area is 198 Å². The molecule has 34 heavy (non-hydrogen) atoms. The smallest absolute Gasteiger partial charge is 0.407 e. The topological polar surface area (TPSA) is 125 Å². The lowest BCUT2D eigenvalue weighted by atomic mass is 9.78. The van der Waals surface area contributed by atoms with Gasteiger partial charge in [-0.05, 0) is 47.9 Å². The lowest BCUT2D eigenvalue weighted by molar-refractivity contribution is -0.144. The van der Waals surface area contributed by atoms with Crippen molar-refractivity contribution < 1.29 is 29.3 Å². The van der Waals surface area contributed by atoms with Crippen molar-refractivity contribution >= 4 is 18.0 Å². The van der Waals surface area contributed by atoms with Crippen LogP contribution in [0.5, 0.6) is 0 Å². The first-order chi connectivity index (χ1) is 16.3. The minimum atomic E-state index is -1.40. The molecule has 8 heteroatoms. The van der Waals surface area contributed by atoms with Gasteiger partial charge in [0.2, 0.25) is 5.91 Å². The molecule has 0 heterocycles. The largest absolute Gasteiger partial charge is 0.480 e. The fourth-order valence-electron chi connectivity index (χ4n) is 4.79. The molecule has 180 valence electrons. The van der Waals surface area contributed by atoms with Gasteiger partial charge in [0.05, 0.1) is 6.10 Å². The second-order valence-electron chi connectivity index (χ2n) is 9.10. The fraction of sp³-hybridized carbons (Fsp3) is 0.423. The molecule has 2 aromatic carbocycles. The number of fused-ring (bicyclic) bond motifs is 3. The van der Waals surface area contributed by atoms with Crippen LogP contribution in [0.15, 0.2) is 48.5 Å². The summed E-state index contributed by atoms with van der Waals surface area (Å²) in [6.45, 7) is 1.48. The van der Waals surface area contributed by atoms with Gasteiger partial charge in [-0.1, -0.05) is 55.0 Å². The highest BCUT2D eigenvalue weighted by molar-refractivity contribution is 5.84. The van der Waals surface area contributed by atoms with Crippen molar-refractivity contribution in [2.45, 2.75) is 56.7 Å². The number of carboxylic acid groups (broad SMARTS) is 1. The number of nitrogens with one attached hydrogen (secondary N) is 2. The lowest BCUT2D eigenvalue weighted by Crippen LogP contribution is -2.51. The van der Waals surface area contributed by atoms with Crippen LogP contribution in [0, 0.1) is 5.92 Å². The average molecular weight is 467 g/mol. The van der Waals surface area contributed by atoms with Gasteiger partial charge in [0.1, 0.15) is 6.61 Å². The van der Waals surface area contributed by atoms with Gasteiger partial charge >= 0.3 is 12.1 Å². The van der Waals surface area contributed by atoms with Gasteiger partial charge in [0, 0.05) is 18.4 Å². The second kappa shape index (κ2) is 10.3. The molecule has 0 spiro atoms. The third-order valence-electron chi connectivity index (χ3n) is 6.84. The quantitative estimate of drug-likeness (QED) is 0.450. The molecule has 0 radical (unpaired) electrons. The number of hydrogen-bond acceptors (Lipinski definition) is 5. The third kappa shape index (κ3) is 5.07. The van der Waals surface area contributed by atoms with Crippen molar-refractivity contribution in [2.24, 2.45) is 5.92 Å². The molecule has 3 unspecified atom stereocenters. The predicted molar refractivity (Wildman–Crippen MR) is 125 cm³/mol. The second-order valence-corrected chi connectivity index (χ2v) is 9.10. The van der Waals surface area contributed by atoms with Gasteiger partial charge in [0.15, 0.2) is 6.04 Å². The Kier molecular flexibility index (Phi) is 7.17. The van der Waals surface area contributed by atoms with Gasteiger partial charge in [0.25, 0.3) is 0 Å². The van der Waals surface area contributed by atoms with E-state index >= 15 is 0 Å². The summed E-state index contributed by atoms with van der Waals surface area (Å²) in [5.41, 5.74) is 4.51. The first kappa shape index (κ1) is 23.8. The predicted octanol–water partition coefficient (Wildman–Crippen LogP) is 3.03. The zero-order valence-corrected chi connectivity index (χ0v) is 19.1. The van der Waals surface area contributed by atoms with Crippen LogP contribution in [0.2, 0.25) is 0 Å².